The lowest BCUT2D eigenvalue weighted by Crippen LogP contribution is -2.04. The minimum Gasteiger partial charge on any atom is -0.345 e. The van der Waals surface area contributed by atoms with Gasteiger partial charge in [0.2, 0.25) is 5.91 Å². The van der Waals surface area contributed by atoms with Crippen molar-refractivity contribution in [1.82, 2.24) is 15.0 Å². The van der Waals surface area contributed by atoms with E-state index in [2.05, 4.69) is 38.5 Å². The highest BCUT2D eigenvalue weighted by atomic mass is 32.1. The Kier molecular flexibility index (Phi) is 3.82. The molecule has 124 valence electrons. The van der Waals surface area contributed by atoms with Gasteiger partial charge in [-0.15, -0.1) is 11.3 Å². The third-order valence-corrected chi connectivity index (χ3v) is 4.86. The van der Waals surface area contributed by atoms with Gasteiger partial charge in [0.25, 0.3) is 0 Å². The molecule has 0 bridgehead atoms. The van der Waals surface area contributed by atoms with Crippen LogP contribution in [-0.4, -0.2) is 20.9 Å². The van der Waals surface area contributed by atoms with Gasteiger partial charge >= 0.3 is 0 Å². The van der Waals surface area contributed by atoms with Gasteiger partial charge in [-0.1, -0.05) is 30.3 Å². The Morgan fingerprint density at radius 2 is 2.00 bits per heavy atom. The number of amides is 1. The van der Waals surface area contributed by atoms with E-state index in [-0.39, 0.29) is 5.91 Å². The number of H-pyrrole nitrogens is 1. The van der Waals surface area contributed by atoms with E-state index in [0.29, 0.717) is 5.13 Å². The molecule has 0 spiro atoms. The van der Waals surface area contributed by atoms with Gasteiger partial charge in [0.1, 0.15) is 5.65 Å². The predicted octanol–water partition coefficient (Wildman–Crippen LogP) is 4.62. The standard InChI is InChI=1S/C19H16N4OS/c1-11-17(23-19(25-11)22-12(2)24)16-10-21-18-15(16)8-14(9-20-18)13-6-4-3-5-7-13/h3-10H,1-2H3,(H,20,21)(H,22,23,24). The fourth-order valence-corrected chi connectivity index (χ4v) is 3.71. The van der Waals surface area contributed by atoms with Crippen molar-refractivity contribution >= 4 is 33.4 Å². The first-order valence-electron chi connectivity index (χ1n) is 7.90. The van der Waals surface area contributed by atoms with Crippen molar-refractivity contribution in [2.45, 2.75) is 13.8 Å². The highest BCUT2D eigenvalue weighted by molar-refractivity contribution is 7.16. The molecule has 0 radical (unpaired) electrons. The topological polar surface area (TPSA) is 70.7 Å². The lowest BCUT2D eigenvalue weighted by Gasteiger charge is -2.02. The van der Waals surface area contributed by atoms with Crippen LogP contribution in [0.2, 0.25) is 0 Å². The Morgan fingerprint density at radius 1 is 1.20 bits per heavy atom. The Morgan fingerprint density at radius 3 is 2.76 bits per heavy atom. The molecule has 4 rings (SSSR count). The second kappa shape index (κ2) is 6.14. The van der Waals surface area contributed by atoms with Crippen LogP contribution in [0.5, 0.6) is 0 Å². The lowest BCUT2D eigenvalue weighted by atomic mass is 10.0. The summed E-state index contributed by atoms with van der Waals surface area (Å²) in [6, 6.07) is 12.3. The van der Waals surface area contributed by atoms with Crippen LogP contribution in [0, 0.1) is 6.92 Å². The monoisotopic (exact) mass is 348 g/mol. The number of carbonyl (C=O) groups is 1. The van der Waals surface area contributed by atoms with Crippen LogP contribution < -0.4 is 5.32 Å². The number of nitrogens with one attached hydrogen (secondary N) is 2. The molecule has 0 aliphatic heterocycles. The molecule has 2 N–H and O–H groups in total. The first-order chi connectivity index (χ1) is 12.1. The second-order valence-corrected chi connectivity index (χ2v) is 7.00. The molecule has 3 heterocycles. The van der Waals surface area contributed by atoms with Crippen molar-refractivity contribution in [1.29, 1.82) is 0 Å². The van der Waals surface area contributed by atoms with Crippen LogP contribution >= 0.6 is 11.3 Å². The summed E-state index contributed by atoms with van der Waals surface area (Å²) in [5.74, 6) is -0.118. The molecule has 0 saturated heterocycles. The number of hydrogen-bond acceptors (Lipinski definition) is 4. The molecule has 0 aliphatic carbocycles. The molecule has 0 saturated carbocycles. The predicted molar refractivity (Wildman–Crippen MR) is 102 cm³/mol. The van der Waals surface area contributed by atoms with Crippen LogP contribution in [0.3, 0.4) is 0 Å². The number of anilines is 1. The molecule has 1 amide bonds. The first kappa shape index (κ1) is 15.5. The summed E-state index contributed by atoms with van der Waals surface area (Å²) < 4.78 is 0. The molecule has 0 fully saturated rings. The second-order valence-electron chi connectivity index (χ2n) is 5.79. The maximum absolute atomic E-state index is 11.3. The van der Waals surface area contributed by atoms with Crippen LogP contribution in [0.1, 0.15) is 11.8 Å². The quantitative estimate of drug-likeness (QED) is 0.567. The van der Waals surface area contributed by atoms with Crippen LogP contribution in [0.4, 0.5) is 5.13 Å². The summed E-state index contributed by atoms with van der Waals surface area (Å²) >= 11 is 1.47. The van der Waals surface area contributed by atoms with E-state index in [0.717, 1.165) is 38.3 Å². The summed E-state index contributed by atoms with van der Waals surface area (Å²) in [7, 11) is 0. The number of pyridine rings is 1. The van der Waals surface area contributed by atoms with Crippen LogP contribution in [0.15, 0.2) is 48.8 Å². The van der Waals surface area contributed by atoms with Gasteiger partial charge in [0, 0.05) is 40.7 Å². The molecule has 0 atom stereocenters. The Bertz CT molecular complexity index is 1070. The SMILES string of the molecule is CC(=O)Nc1nc(-c2c[nH]c3ncc(-c4ccccc4)cc23)c(C)s1. The van der Waals surface area contributed by atoms with Crippen molar-refractivity contribution in [3.8, 4) is 22.4 Å². The average molecular weight is 348 g/mol. The van der Waals surface area contributed by atoms with Gasteiger partial charge in [-0.25, -0.2) is 9.97 Å². The van der Waals surface area contributed by atoms with Gasteiger partial charge in [-0.3, -0.25) is 4.79 Å². The Balaban J connectivity index is 1.83. The summed E-state index contributed by atoms with van der Waals surface area (Å²) in [6.07, 6.45) is 3.79. The zero-order valence-electron chi connectivity index (χ0n) is 13.8. The highest BCUT2D eigenvalue weighted by Crippen LogP contribution is 2.35. The number of hydrogen-bond donors (Lipinski definition) is 2. The van der Waals surface area contributed by atoms with Crippen LogP contribution in [-0.2, 0) is 4.79 Å². The number of nitrogens with zero attached hydrogens (tertiary/aromatic N) is 2. The molecular formula is C19H16N4OS. The van der Waals surface area contributed by atoms with Crippen molar-refractivity contribution < 1.29 is 4.79 Å². The van der Waals surface area contributed by atoms with Crippen molar-refractivity contribution in [3.05, 3.63) is 53.7 Å². The molecule has 25 heavy (non-hydrogen) atoms. The number of rotatable bonds is 3. The number of fused-ring (bicyclic) bond motifs is 1. The van der Waals surface area contributed by atoms with Crippen LogP contribution in [0.25, 0.3) is 33.4 Å². The summed E-state index contributed by atoms with van der Waals surface area (Å²) in [4.78, 5) is 24.7. The maximum atomic E-state index is 11.3. The van der Waals surface area contributed by atoms with E-state index in [4.69, 9.17) is 0 Å². The molecule has 0 unspecified atom stereocenters. The third-order valence-electron chi connectivity index (χ3n) is 3.97. The van der Waals surface area contributed by atoms with E-state index in [1.807, 2.05) is 37.5 Å². The van der Waals surface area contributed by atoms with Crippen molar-refractivity contribution in [3.63, 3.8) is 0 Å². The smallest absolute Gasteiger partial charge is 0.223 e. The number of aryl methyl sites for hydroxylation is 1. The number of carbonyl (C=O) groups excluding carboxylic acids is 1. The summed E-state index contributed by atoms with van der Waals surface area (Å²) in [6.45, 7) is 3.49. The fraction of sp³-hybridized carbons (Fsp3) is 0.105. The zero-order chi connectivity index (χ0) is 17.4. The van der Waals surface area contributed by atoms with E-state index in [1.54, 1.807) is 0 Å². The minimum atomic E-state index is -0.118. The van der Waals surface area contributed by atoms with Gasteiger partial charge in [0.05, 0.1) is 5.69 Å². The van der Waals surface area contributed by atoms with Crippen molar-refractivity contribution in [2.24, 2.45) is 0 Å². The van der Waals surface area contributed by atoms with E-state index in [9.17, 15) is 4.79 Å². The maximum Gasteiger partial charge on any atom is 0.223 e. The van der Waals surface area contributed by atoms with Crippen molar-refractivity contribution in [2.75, 3.05) is 5.32 Å². The first-order valence-corrected chi connectivity index (χ1v) is 8.71. The minimum absolute atomic E-state index is 0.118. The highest BCUT2D eigenvalue weighted by Gasteiger charge is 2.15. The van der Waals surface area contributed by atoms with Gasteiger partial charge < -0.3 is 10.3 Å². The Hall–Kier alpha value is -2.99. The van der Waals surface area contributed by atoms with Gasteiger partial charge in [0.15, 0.2) is 5.13 Å². The van der Waals surface area contributed by atoms with E-state index >= 15 is 0 Å². The zero-order valence-corrected chi connectivity index (χ0v) is 14.6. The van der Waals surface area contributed by atoms with E-state index < -0.39 is 0 Å². The molecule has 1 aromatic carbocycles. The molecule has 4 aromatic rings. The Labute approximate surface area is 148 Å². The molecule has 6 heteroatoms. The number of benzene rings is 1. The van der Waals surface area contributed by atoms with Gasteiger partial charge in [-0.2, -0.15) is 0 Å². The number of aromatic amines is 1. The summed E-state index contributed by atoms with van der Waals surface area (Å²) in [5.41, 5.74) is 4.86. The normalized spacial score (nSPS) is 11.0. The average Bonchev–Trinajstić information content (AvgIpc) is 3.17. The third kappa shape index (κ3) is 2.92. The lowest BCUT2D eigenvalue weighted by molar-refractivity contribution is -0.114. The van der Waals surface area contributed by atoms with E-state index in [1.165, 1.54) is 18.3 Å². The fourth-order valence-electron chi connectivity index (χ4n) is 2.84. The van der Waals surface area contributed by atoms with Gasteiger partial charge in [-0.05, 0) is 18.6 Å². The molecule has 3 aromatic heterocycles. The largest absolute Gasteiger partial charge is 0.345 e. The summed E-state index contributed by atoms with van der Waals surface area (Å²) in [5, 5.41) is 4.39. The molecular weight excluding hydrogens is 332 g/mol. The number of thiazole rings is 1. The molecule has 0 aliphatic rings. The molecule has 5 nitrogen and oxygen atoms in total. The number of aromatic nitrogens is 3.